The van der Waals surface area contributed by atoms with Gasteiger partial charge in [-0.05, 0) is 37.9 Å². The molecule has 1 atom stereocenters. The first-order chi connectivity index (χ1) is 8.53. The summed E-state index contributed by atoms with van der Waals surface area (Å²) in [5.74, 6) is 0.791. The van der Waals surface area contributed by atoms with E-state index in [1.807, 2.05) is 6.92 Å². The molecule has 0 amide bonds. The minimum Gasteiger partial charge on any atom is -0.382 e. The summed E-state index contributed by atoms with van der Waals surface area (Å²) in [6.45, 7) is 4.84. The number of ether oxygens (including phenoxy) is 1. The fraction of sp³-hybridized carbons (Fsp3) is 0.909. The quantitative estimate of drug-likeness (QED) is 0.520. The summed E-state index contributed by atoms with van der Waals surface area (Å²) >= 11 is 5.11. The highest BCUT2D eigenvalue weighted by atomic mass is 32.2. The fourth-order valence-electron chi connectivity index (χ4n) is 1.85. The lowest BCUT2D eigenvalue weighted by molar-refractivity contribution is 0.145. The lowest BCUT2D eigenvalue weighted by atomic mass is 10.1. The van der Waals surface area contributed by atoms with E-state index in [-0.39, 0.29) is 11.7 Å². The van der Waals surface area contributed by atoms with Crippen LogP contribution in [0, 0.1) is 5.92 Å². The van der Waals surface area contributed by atoms with Gasteiger partial charge in [-0.2, -0.15) is 0 Å². The third-order valence-electron chi connectivity index (χ3n) is 2.83. The van der Waals surface area contributed by atoms with Crippen molar-refractivity contribution >= 4 is 27.2 Å². The molecular formula is C11H22N2O3S2. The van der Waals surface area contributed by atoms with Gasteiger partial charge in [-0.15, -0.1) is 0 Å². The maximum Gasteiger partial charge on any atom is 0.166 e. The predicted octanol–water partition coefficient (Wildman–Crippen LogP) is 0.312. The Balaban J connectivity index is 2.04. The highest BCUT2D eigenvalue weighted by Gasteiger charge is 2.27. The first-order valence-electron chi connectivity index (χ1n) is 6.33. The molecule has 0 radical (unpaired) electrons. The Kier molecular flexibility index (Phi) is 6.88. The molecule has 18 heavy (non-hydrogen) atoms. The number of hydrogen-bond donors (Lipinski definition) is 2. The molecule has 1 aliphatic rings. The van der Waals surface area contributed by atoms with Crippen LogP contribution in [0.3, 0.4) is 0 Å². The number of rotatable bonds is 7. The molecule has 1 heterocycles. The van der Waals surface area contributed by atoms with Gasteiger partial charge in [0.25, 0.3) is 0 Å². The molecule has 1 aliphatic heterocycles. The maximum absolute atomic E-state index is 11.3. The van der Waals surface area contributed by atoms with Gasteiger partial charge >= 0.3 is 0 Å². The summed E-state index contributed by atoms with van der Waals surface area (Å²) in [7, 11) is -2.79. The van der Waals surface area contributed by atoms with Gasteiger partial charge < -0.3 is 15.4 Å². The summed E-state index contributed by atoms with van der Waals surface area (Å²) < 4.78 is 27.7. The van der Waals surface area contributed by atoms with Gasteiger partial charge in [0.2, 0.25) is 0 Å². The summed E-state index contributed by atoms with van der Waals surface area (Å²) in [6.07, 6.45) is 1.65. The van der Waals surface area contributed by atoms with Crippen LogP contribution in [0.1, 0.15) is 19.8 Å². The van der Waals surface area contributed by atoms with Crippen molar-refractivity contribution in [1.29, 1.82) is 0 Å². The molecule has 0 aromatic carbocycles. The van der Waals surface area contributed by atoms with Crippen LogP contribution in [0.2, 0.25) is 0 Å². The molecule has 1 saturated heterocycles. The third-order valence-corrected chi connectivity index (χ3v) is 4.96. The monoisotopic (exact) mass is 294 g/mol. The van der Waals surface area contributed by atoms with Gasteiger partial charge in [0.1, 0.15) is 0 Å². The fourth-order valence-corrected chi connectivity index (χ4v) is 3.90. The van der Waals surface area contributed by atoms with Crippen LogP contribution < -0.4 is 10.6 Å². The van der Waals surface area contributed by atoms with Crippen molar-refractivity contribution in [2.24, 2.45) is 5.92 Å². The lowest BCUT2D eigenvalue weighted by Crippen LogP contribution is -2.38. The second kappa shape index (κ2) is 7.91. The van der Waals surface area contributed by atoms with Crippen LogP contribution in [-0.4, -0.2) is 51.3 Å². The van der Waals surface area contributed by atoms with Gasteiger partial charge in [-0.1, -0.05) is 0 Å². The van der Waals surface area contributed by atoms with E-state index in [2.05, 4.69) is 10.6 Å². The number of thiocarbonyl (C=S) groups is 1. The normalized spacial score (nSPS) is 21.7. The molecule has 0 aromatic rings. The molecule has 0 saturated carbocycles. The Bertz CT molecular complexity index is 357. The third kappa shape index (κ3) is 6.51. The number of sulfone groups is 1. The molecule has 5 nitrogen and oxygen atoms in total. The molecule has 0 aromatic heterocycles. The second-order valence-electron chi connectivity index (χ2n) is 4.46. The van der Waals surface area contributed by atoms with Gasteiger partial charge in [0.15, 0.2) is 14.9 Å². The van der Waals surface area contributed by atoms with E-state index in [9.17, 15) is 8.42 Å². The average Bonchev–Trinajstić information content (AvgIpc) is 2.66. The van der Waals surface area contributed by atoms with E-state index in [0.29, 0.717) is 17.4 Å². The average molecular weight is 294 g/mol. The molecule has 7 heteroatoms. The summed E-state index contributed by atoms with van der Waals surface area (Å²) in [6, 6.07) is 0. The van der Waals surface area contributed by atoms with E-state index in [4.69, 9.17) is 17.0 Å². The van der Waals surface area contributed by atoms with E-state index in [1.165, 1.54) is 0 Å². The molecule has 1 fully saturated rings. The highest BCUT2D eigenvalue weighted by Crippen LogP contribution is 2.17. The predicted molar refractivity (Wildman–Crippen MR) is 76.5 cm³/mol. The van der Waals surface area contributed by atoms with E-state index in [1.54, 1.807) is 0 Å². The van der Waals surface area contributed by atoms with Crippen molar-refractivity contribution in [1.82, 2.24) is 10.6 Å². The van der Waals surface area contributed by atoms with E-state index in [0.717, 1.165) is 32.6 Å². The Morgan fingerprint density at radius 2 is 2.22 bits per heavy atom. The zero-order chi connectivity index (χ0) is 13.4. The molecule has 106 valence electrons. The van der Waals surface area contributed by atoms with Crippen molar-refractivity contribution in [3.05, 3.63) is 0 Å². The number of hydrogen-bond acceptors (Lipinski definition) is 4. The van der Waals surface area contributed by atoms with E-state index >= 15 is 0 Å². The summed E-state index contributed by atoms with van der Waals surface area (Å²) in [5.41, 5.74) is 0. The van der Waals surface area contributed by atoms with Gasteiger partial charge in [-0.25, -0.2) is 8.42 Å². The van der Waals surface area contributed by atoms with Crippen LogP contribution in [0.15, 0.2) is 0 Å². The maximum atomic E-state index is 11.3. The topological polar surface area (TPSA) is 67.4 Å². The largest absolute Gasteiger partial charge is 0.382 e. The second-order valence-corrected chi connectivity index (χ2v) is 7.09. The molecule has 0 bridgehead atoms. The lowest BCUT2D eigenvalue weighted by Gasteiger charge is -2.13. The Hall–Kier alpha value is -0.400. The summed E-state index contributed by atoms with van der Waals surface area (Å²) in [5, 5.41) is 6.74. The van der Waals surface area contributed by atoms with Crippen molar-refractivity contribution in [2.75, 3.05) is 37.8 Å². The van der Waals surface area contributed by atoms with Crippen LogP contribution in [-0.2, 0) is 14.6 Å². The Morgan fingerprint density at radius 3 is 2.83 bits per heavy atom. The molecular weight excluding hydrogens is 272 g/mol. The molecule has 1 rings (SSSR count). The van der Waals surface area contributed by atoms with Crippen molar-refractivity contribution in [3.8, 4) is 0 Å². The smallest absolute Gasteiger partial charge is 0.166 e. The van der Waals surface area contributed by atoms with Gasteiger partial charge in [0, 0.05) is 26.3 Å². The van der Waals surface area contributed by atoms with E-state index < -0.39 is 9.84 Å². The van der Waals surface area contributed by atoms with Gasteiger partial charge in [0.05, 0.1) is 11.5 Å². The molecule has 1 unspecified atom stereocenters. The zero-order valence-electron chi connectivity index (χ0n) is 10.8. The standard InChI is InChI=1S/C11H22N2O3S2/c1-2-16-6-3-5-12-11(17)13-8-10-4-7-18(14,15)9-10/h10H,2-9H2,1H3,(H2,12,13,17). The molecule has 0 spiro atoms. The number of nitrogens with one attached hydrogen (secondary N) is 2. The Labute approximate surface area is 115 Å². The van der Waals surface area contributed by atoms with Crippen LogP contribution >= 0.6 is 12.2 Å². The minimum atomic E-state index is -2.79. The van der Waals surface area contributed by atoms with Crippen molar-refractivity contribution < 1.29 is 13.2 Å². The highest BCUT2D eigenvalue weighted by molar-refractivity contribution is 7.91. The molecule has 0 aliphatic carbocycles. The Morgan fingerprint density at radius 1 is 1.44 bits per heavy atom. The SMILES string of the molecule is CCOCCCNC(=S)NCC1CCS(=O)(=O)C1. The van der Waals surface area contributed by atoms with Crippen LogP contribution in [0.5, 0.6) is 0 Å². The van der Waals surface area contributed by atoms with Crippen molar-refractivity contribution in [2.45, 2.75) is 19.8 Å². The zero-order valence-corrected chi connectivity index (χ0v) is 12.4. The first-order valence-corrected chi connectivity index (χ1v) is 8.56. The first kappa shape index (κ1) is 15.7. The molecule has 2 N–H and O–H groups in total. The van der Waals surface area contributed by atoms with Crippen LogP contribution in [0.4, 0.5) is 0 Å². The summed E-state index contributed by atoms with van der Waals surface area (Å²) in [4.78, 5) is 0. The minimum absolute atomic E-state index is 0.193. The van der Waals surface area contributed by atoms with Crippen LogP contribution in [0.25, 0.3) is 0 Å². The van der Waals surface area contributed by atoms with Gasteiger partial charge in [-0.3, -0.25) is 0 Å². The van der Waals surface area contributed by atoms with Crippen molar-refractivity contribution in [3.63, 3.8) is 0 Å².